The molecule has 0 aliphatic carbocycles. The summed E-state index contributed by atoms with van der Waals surface area (Å²) in [5.41, 5.74) is -4.74. The number of carbonyl (C=O) groups excluding carboxylic acids is 1. The molecule has 194 valence electrons. The van der Waals surface area contributed by atoms with Crippen LogP contribution in [0.4, 0.5) is 22.0 Å². The summed E-state index contributed by atoms with van der Waals surface area (Å²) >= 11 is 11.4. The minimum Gasteiger partial charge on any atom is -0.374 e. The Morgan fingerprint density at radius 1 is 1.08 bits per heavy atom. The molecule has 1 fully saturated rings. The Balaban J connectivity index is 1.31. The lowest BCUT2D eigenvalue weighted by atomic mass is 9.84. The van der Waals surface area contributed by atoms with Gasteiger partial charge < -0.3 is 9.74 Å². The van der Waals surface area contributed by atoms with Gasteiger partial charge in [-0.15, -0.1) is 0 Å². The summed E-state index contributed by atoms with van der Waals surface area (Å²) in [6.07, 6.45) is -3.02. The fourth-order valence-electron chi connectivity index (χ4n) is 4.28. The van der Waals surface area contributed by atoms with Crippen LogP contribution in [0, 0.1) is 5.82 Å². The average molecular weight is 560 g/mol. The van der Waals surface area contributed by atoms with Crippen molar-refractivity contribution in [2.24, 2.45) is 5.16 Å². The number of hydrogen-bond acceptors (Lipinski definition) is 5. The molecule has 1 amide bonds. The van der Waals surface area contributed by atoms with E-state index in [0.717, 1.165) is 12.1 Å². The van der Waals surface area contributed by atoms with Crippen LogP contribution in [-0.4, -0.2) is 50.5 Å². The van der Waals surface area contributed by atoms with Crippen molar-refractivity contribution >= 4 is 34.8 Å². The fraction of sp³-hybridized carbons (Fsp3) is 0.304. The van der Waals surface area contributed by atoms with Gasteiger partial charge in [-0.25, -0.2) is 18.4 Å². The molecular formula is C23H16Cl2F5N5O2. The lowest BCUT2D eigenvalue weighted by Gasteiger charge is -2.44. The smallest absolute Gasteiger partial charge is 0.374 e. The highest BCUT2D eigenvalue weighted by atomic mass is 35.5. The second-order valence-electron chi connectivity index (χ2n) is 8.77. The highest BCUT2D eigenvalue weighted by molar-refractivity contribution is 6.35. The van der Waals surface area contributed by atoms with Crippen LogP contribution < -0.4 is 0 Å². The van der Waals surface area contributed by atoms with E-state index in [4.69, 9.17) is 28.0 Å². The number of benzene rings is 2. The van der Waals surface area contributed by atoms with Crippen molar-refractivity contribution in [1.29, 1.82) is 0 Å². The van der Waals surface area contributed by atoms with E-state index in [1.807, 2.05) is 0 Å². The molecule has 1 unspecified atom stereocenters. The van der Waals surface area contributed by atoms with Crippen LogP contribution >= 0.6 is 23.2 Å². The Morgan fingerprint density at radius 3 is 2.30 bits per heavy atom. The van der Waals surface area contributed by atoms with Crippen LogP contribution in [0.1, 0.15) is 23.1 Å². The van der Waals surface area contributed by atoms with E-state index in [1.54, 1.807) is 0 Å². The monoisotopic (exact) mass is 559 g/mol. The van der Waals surface area contributed by atoms with Crippen molar-refractivity contribution in [3.05, 3.63) is 81.6 Å². The number of nitrogens with zero attached hydrogens (tertiary/aromatic N) is 5. The molecule has 3 aromatic rings. The largest absolute Gasteiger partial charge is 0.435 e. The molecule has 0 saturated carbocycles. The van der Waals surface area contributed by atoms with Crippen molar-refractivity contribution in [1.82, 2.24) is 19.7 Å². The quantitative estimate of drug-likeness (QED) is 0.325. The number of oxime groups is 1. The van der Waals surface area contributed by atoms with Gasteiger partial charge in [-0.2, -0.15) is 18.3 Å². The van der Waals surface area contributed by atoms with Gasteiger partial charge in [0, 0.05) is 12.0 Å². The maximum absolute atomic E-state index is 15.4. The summed E-state index contributed by atoms with van der Waals surface area (Å²) in [6, 6.07) is 7.31. The van der Waals surface area contributed by atoms with Gasteiger partial charge in [-0.05, 0) is 23.3 Å². The van der Waals surface area contributed by atoms with Crippen molar-refractivity contribution in [3.63, 3.8) is 0 Å². The zero-order valence-electron chi connectivity index (χ0n) is 18.6. The molecule has 0 bridgehead atoms. The number of alkyl halides is 4. The predicted molar refractivity (Wildman–Crippen MR) is 122 cm³/mol. The Labute approximate surface area is 216 Å². The predicted octanol–water partition coefficient (Wildman–Crippen LogP) is 5.01. The highest BCUT2D eigenvalue weighted by Crippen LogP contribution is 2.50. The molecule has 5 rings (SSSR count). The van der Waals surface area contributed by atoms with E-state index in [2.05, 4.69) is 15.2 Å². The van der Waals surface area contributed by atoms with Crippen LogP contribution in [0.5, 0.6) is 0 Å². The number of likely N-dealkylation sites (tertiary alicyclic amines) is 1. The minimum absolute atomic E-state index is 0.0494. The van der Waals surface area contributed by atoms with Crippen LogP contribution in [0.25, 0.3) is 0 Å². The van der Waals surface area contributed by atoms with Gasteiger partial charge in [0.25, 0.3) is 5.60 Å². The van der Waals surface area contributed by atoms with Crippen molar-refractivity contribution in [2.45, 2.75) is 30.4 Å². The van der Waals surface area contributed by atoms with Crippen LogP contribution in [-0.2, 0) is 27.4 Å². The molecular weight excluding hydrogens is 544 g/mol. The molecule has 1 atom stereocenters. The normalized spacial score (nSPS) is 20.8. The first-order valence-electron chi connectivity index (χ1n) is 10.8. The van der Waals surface area contributed by atoms with Crippen LogP contribution in [0.3, 0.4) is 0 Å². The molecule has 14 heteroatoms. The minimum atomic E-state index is -4.94. The summed E-state index contributed by atoms with van der Waals surface area (Å²) in [6.45, 7) is -0.416. The molecule has 0 N–H and O–H groups in total. The zero-order valence-corrected chi connectivity index (χ0v) is 20.2. The van der Waals surface area contributed by atoms with E-state index in [0.29, 0.717) is 0 Å². The summed E-state index contributed by atoms with van der Waals surface area (Å²) < 4.78 is 73.0. The summed E-state index contributed by atoms with van der Waals surface area (Å²) in [4.78, 5) is 22.3. The lowest BCUT2D eigenvalue weighted by molar-refractivity contribution is -0.275. The summed E-state index contributed by atoms with van der Waals surface area (Å²) in [7, 11) is 0. The molecule has 2 aliphatic rings. The number of carbonyl (C=O) groups is 1. The van der Waals surface area contributed by atoms with E-state index < -0.39 is 45.3 Å². The average Bonchev–Trinajstić information content (AvgIpc) is 3.51. The molecule has 0 radical (unpaired) electrons. The molecule has 7 nitrogen and oxygen atoms in total. The molecule has 2 aliphatic heterocycles. The molecule has 3 heterocycles. The van der Waals surface area contributed by atoms with E-state index in [9.17, 15) is 22.4 Å². The van der Waals surface area contributed by atoms with Gasteiger partial charge in [0.05, 0.1) is 28.8 Å². The summed E-state index contributed by atoms with van der Waals surface area (Å²) in [5, 5.41) is 6.30. The topological polar surface area (TPSA) is 72.6 Å². The van der Waals surface area contributed by atoms with E-state index in [1.165, 1.54) is 46.5 Å². The first-order chi connectivity index (χ1) is 17.4. The van der Waals surface area contributed by atoms with E-state index >= 15 is 4.39 Å². The number of rotatable bonds is 5. The Kier molecular flexibility index (Phi) is 6.14. The van der Waals surface area contributed by atoms with E-state index in [-0.39, 0.29) is 42.4 Å². The maximum Gasteiger partial charge on any atom is 0.435 e. The first-order valence-corrected chi connectivity index (χ1v) is 11.5. The van der Waals surface area contributed by atoms with Gasteiger partial charge in [0.15, 0.2) is 11.5 Å². The van der Waals surface area contributed by atoms with Crippen molar-refractivity contribution in [3.8, 4) is 0 Å². The third kappa shape index (κ3) is 4.42. The second-order valence-corrected chi connectivity index (χ2v) is 9.58. The summed E-state index contributed by atoms with van der Waals surface area (Å²) in [5.74, 6) is -1.37. The molecule has 1 saturated heterocycles. The number of amides is 1. The number of aromatic nitrogens is 3. The first kappa shape index (κ1) is 25.4. The number of hydrogen-bond donors (Lipinski definition) is 0. The van der Waals surface area contributed by atoms with Crippen LogP contribution in [0.2, 0.25) is 10.0 Å². The van der Waals surface area contributed by atoms with Crippen LogP contribution in [0.15, 0.2) is 54.2 Å². The lowest BCUT2D eigenvalue weighted by Crippen LogP contribution is -2.59. The van der Waals surface area contributed by atoms with Crippen molar-refractivity contribution < 1.29 is 31.6 Å². The molecule has 2 aromatic carbocycles. The van der Waals surface area contributed by atoms with Gasteiger partial charge in [0.1, 0.15) is 19.2 Å². The van der Waals surface area contributed by atoms with Gasteiger partial charge in [0.2, 0.25) is 5.91 Å². The Bertz CT molecular complexity index is 1350. The zero-order chi connectivity index (χ0) is 26.6. The molecule has 0 spiro atoms. The Hall–Kier alpha value is -3.25. The van der Waals surface area contributed by atoms with Gasteiger partial charge >= 0.3 is 6.18 Å². The third-order valence-corrected chi connectivity index (χ3v) is 6.92. The van der Waals surface area contributed by atoms with Gasteiger partial charge in [-0.3, -0.25) is 4.79 Å². The van der Waals surface area contributed by atoms with Crippen molar-refractivity contribution in [2.75, 3.05) is 13.1 Å². The SMILES string of the molecule is O=C(Cn1cncn1)N1CC(F)(c2ccc(C3=NOC(c4cc(Cl)c(F)c(Cl)c4)(C(F)(F)F)C3)cc2)C1. The fourth-order valence-corrected chi connectivity index (χ4v) is 4.77. The second kappa shape index (κ2) is 8.95. The maximum atomic E-state index is 15.4. The standard InChI is InChI=1S/C23H16Cl2F5N5O2/c24-16-5-15(6-17(25)20(16)26)22(23(28,29)30)7-18(33-37-22)13-1-3-14(4-2-13)21(27)9-34(10-21)19(36)8-35-12-31-11-32-35/h1-6,11-12H,7-10H2. The highest BCUT2D eigenvalue weighted by Gasteiger charge is 2.62. The Morgan fingerprint density at radius 2 is 1.73 bits per heavy atom. The molecule has 37 heavy (non-hydrogen) atoms. The number of halogens is 7. The van der Waals surface area contributed by atoms with Gasteiger partial charge in [-0.1, -0.05) is 52.6 Å². The molecule has 1 aromatic heterocycles. The third-order valence-electron chi connectivity index (χ3n) is 6.37.